The molecule has 0 spiro atoms. The molecular weight excluding hydrogens is 322 g/mol. The highest BCUT2D eigenvalue weighted by Crippen LogP contribution is 2.31. The van der Waals surface area contributed by atoms with Crippen LogP contribution in [0.2, 0.25) is 0 Å². The number of thioether (sulfide) groups is 1. The van der Waals surface area contributed by atoms with E-state index in [1.807, 2.05) is 57.2 Å². The molecule has 0 aliphatic carbocycles. The van der Waals surface area contributed by atoms with Crippen molar-refractivity contribution in [3.05, 3.63) is 48.0 Å². The van der Waals surface area contributed by atoms with E-state index in [0.29, 0.717) is 36.2 Å². The van der Waals surface area contributed by atoms with Gasteiger partial charge in [-0.2, -0.15) is 0 Å². The minimum absolute atomic E-state index is 0.0464. The quantitative estimate of drug-likeness (QED) is 0.715. The lowest BCUT2D eigenvalue weighted by atomic mass is 10.2. The normalized spacial score (nSPS) is 10.3. The van der Waals surface area contributed by atoms with Crippen LogP contribution in [-0.4, -0.2) is 24.9 Å². The average Bonchev–Trinajstić information content (AvgIpc) is 2.57. The first-order valence-corrected chi connectivity index (χ1v) is 9.00. The van der Waals surface area contributed by atoms with Crippen LogP contribution in [-0.2, 0) is 4.79 Å². The molecule has 1 amide bonds. The molecule has 128 valence electrons. The van der Waals surface area contributed by atoms with Gasteiger partial charge in [0.05, 0.1) is 19.0 Å². The Labute approximate surface area is 147 Å². The first-order chi connectivity index (χ1) is 11.6. The van der Waals surface area contributed by atoms with E-state index in [9.17, 15) is 4.79 Å². The number of benzene rings is 2. The predicted octanol–water partition coefficient (Wildman–Crippen LogP) is 4.52. The molecule has 0 fully saturated rings. The van der Waals surface area contributed by atoms with Crippen LogP contribution in [0.1, 0.15) is 19.4 Å². The van der Waals surface area contributed by atoms with Gasteiger partial charge < -0.3 is 14.8 Å². The minimum Gasteiger partial charge on any atom is -0.490 e. The van der Waals surface area contributed by atoms with Crippen molar-refractivity contribution < 1.29 is 14.3 Å². The number of rotatable bonds is 8. The molecular formula is C19H23NO3S. The van der Waals surface area contributed by atoms with E-state index in [2.05, 4.69) is 5.32 Å². The lowest BCUT2D eigenvalue weighted by molar-refractivity contribution is -0.113. The summed E-state index contributed by atoms with van der Waals surface area (Å²) in [5.41, 5.74) is 1.88. The summed E-state index contributed by atoms with van der Waals surface area (Å²) in [7, 11) is 0. The minimum atomic E-state index is -0.0464. The topological polar surface area (TPSA) is 47.6 Å². The fraction of sp³-hybridized carbons (Fsp3) is 0.316. The van der Waals surface area contributed by atoms with Crippen LogP contribution < -0.4 is 14.8 Å². The summed E-state index contributed by atoms with van der Waals surface area (Å²) < 4.78 is 11.1. The van der Waals surface area contributed by atoms with Gasteiger partial charge in [-0.1, -0.05) is 18.2 Å². The molecule has 0 saturated carbocycles. The summed E-state index contributed by atoms with van der Waals surface area (Å²) in [5.74, 6) is 1.65. The number of nitrogens with one attached hydrogen (secondary N) is 1. The molecule has 0 saturated heterocycles. The molecule has 0 aromatic heterocycles. The first-order valence-electron chi connectivity index (χ1n) is 8.02. The second-order valence-electron chi connectivity index (χ2n) is 5.13. The van der Waals surface area contributed by atoms with Crippen LogP contribution in [0.3, 0.4) is 0 Å². The number of carbonyl (C=O) groups excluding carboxylic acids is 1. The standard InChI is InChI=1S/C19H23NO3S/c1-4-22-16-11-10-15(12-17(16)23-5-2)20-19(21)13-24-18-9-7-6-8-14(18)3/h6-12H,4-5,13H2,1-3H3,(H,20,21). The Kier molecular flexibility index (Phi) is 7.00. The van der Waals surface area contributed by atoms with Crippen molar-refractivity contribution in [3.63, 3.8) is 0 Å². The van der Waals surface area contributed by atoms with Crippen LogP contribution in [0.5, 0.6) is 11.5 Å². The van der Waals surface area contributed by atoms with E-state index >= 15 is 0 Å². The molecule has 1 N–H and O–H groups in total. The molecule has 0 bridgehead atoms. The van der Waals surface area contributed by atoms with E-state index in [4.69, 9.17) is 9.47 Å². The van der Waals surface area contributed by atoms with Crippen molar-refractivity contribution in [2.75, 3.05) is 24.3 Å². The largest absolute Gasteiger partial charge is 0.490 e. The maximum Gasteiger partial charge on any atom is 0.234 e. The van der Waals surface area contributed by atoms with Gasteiger partial charge in [0.25, 0.3) is 0 Å². The van der Waals surface area contributed by atoms with Gasteiger partial charge >= 0.3 is 0 Å². The zero-order valence-electron chi connectivity index (χ0n) is 14.3. The maximum atomic E-state index is 12.2. The molecule has 2 aromatic rings. The SMILES string of the molecule is CCOc1ccc(NC(=O)CSc2ccccc2C)cc1OCC. The number of amides is 1. The molecule has 4 nitrogen and oxygen atoms in total. The second kappa shape index (κ2) is 9.23. The van der Waals surface area contributed by atoms with Crippen molar-refractivity contribution in [2.45, 2.75) is 25.7 Å². The molecule has 5 heteroatoms. The molecule has 0 unspecified atom stereocenters. The van der Waals surface area contributed by atoms with E-state index in [0.717, 1.165) is 4.90 Å². The number of hydrogen-bond donors (Lipinski definition) is 1. The molecule has 2 rings (SSSR count). The van der Waals surface area contributed by atoms with Gasteiger partial charge in [-0.15, -0.1) is 11.8 Å². The number of hydrogen-bond acceptors (Lipinski definition) is 4. The summed E-state index contributed by atoms with van der Waals surface area (Å²) in [6.45, 7) is 6.99. The van der Waals surface area contributed by atoms with Crippen molar-refractivity contribution in [1.82, 2.24) is 0 Å². The maximum absolute atomic E-state index is 12.2. The van der Waals surface area contributed by atoms with Gasteiger partial charge in [-0.3, -0.25) is 4.79 Å². The highest BCUT2D eigenvalue weighted by Gasteiger charge is 2.09. The van der Waals surface area contributed by atoms with Gasteiger partial charge in [0.2, 0.25) is 5.91 Å². The predicted molar refractivity (Wildman–Crippen MR) is 99.3 cm³/mol. The molecule has 24 heavy (non-hydrogen) atoms. The van der Waals surface area contributed by atoms with Gasteiger partial charge in [0, 0.05) is 16.6 Å². The third kappa shape index (κ3) is 5.20. The fourth-order valence-electron chi connectivity index (χ4n) is 2.19. The number of aryl methyl sites for hydroxylation is 1. The van der Waals surface area contributed by atoms with Gasteiger partial charge in [-0.25, -0.2) is 0 Å². The Bertz CT molecular complexity index is 688. The number of carbonyl (C=O) groups is 1. The monoisotopic (exact) mass is 345 g/mol. The average molecular weight is 345 g/mol. The van der Waals surface area contributed by atoms with Crippen LogP contribution in [0, 0.1) is 6.92 Å². The van der Waals surface area contributed by atoms with Crippen molar-refractivity contribution in [2.24, 2.45) is 0 Å². The molecule has 0 aliphatic rings. The Morgan fingerprint density at radius 3 is 2.46 bits per heavy atom. The van der Waals surface area contributed by atoms with Crippen LogP contribution >= 0.6 is 11.8 Å². The van der Waals surface area contributed by atoms with Crippen LogP contribution in [0.15, 0.2) is 47.4 Å². The van der Waals surface area contributed by atoms with Gasteiger partial charge in [0.1, 0.15) is 0 Å². The molecule has 0 aliphatic heterocycles. The lowest BCUT2D eigenvalue weighted by Crippen LogP contribution is -2.14. The summed E-state index contributed by atoms with van der Waals surface area (Å²) in [5, 5.41) is 2.90. The van der Waals surface area contributed by atoms with Crippen LogP contribution in [0.4, 0.5) is 5.69 Å². The van der Waals surface area contributed by atoms with E-state index in [1.165, 1.54) is 17.3 Å². The van der Waals surface area contributed by atoms with Gasteiger partial charge in [0.15, 0.2) is 11.5 Å². The third-order valence-electron chi connectivity index (χ3n) is 3.28. The van der Waals surface area contributed by atoms with Crippen LogP contribution in [0.25, 0.3) is 0 Å². The zero-order valence-corrected chi connectivity index (χ0v) is 15.1. The smallest absolute Gasteiger partial charge is 0.234 e. The van der Waals surface area contributed by atoms with E-state index in [-0.39, 0.29) is 5.91 Å². The van der Waals surface area contributed by atoms with E-state index in [1.54, 1.807) is 6.07 Å². The first kappa shape index (κ1) is 18.2. The molecule has 0 atom stereocenters. The summed E-state index contributed by atoms with van der Waals surface area (Å²) >= 11 is 1.53. The second-order valence-corrected chi connectivity index (χ2v) is 6.15. The third-order valence-corrected chi connectivity index (χ3v) is 4.46. The van der Waals surface area contributed by atoms with Gasteiger partial charge in [-0.05, 0) is 44.5 Å². The summed E-state index contributed by atoms with van der Waals surface area (Å²) in [6.07, 6.45) is 0. The fourth-order valence-corrected chi connectivity index (χ4v) is 3.02. The highest BCUT2D eigenvalue weighted by atomic mass is 32.2. The lowest BCUT2D eigenvalue weighted by Gasteiger charge is -2.13. The Hall–Kier alpha value is -2.14. The summed E-state index contributed by atoms with van der Waals surface area (Å²) in [4.78, 5) is 13.3. The zero-order chi connectivity index (χ0) is 17.4. The number of anilines is 1. The van der Waals surface area contributed by atoms with Crippen molar-refractivity contribution >= 4 is 23.4 Å². The van der Waals surface area contributed by atoms with Crippen molar-refractivity contribution in [1.29, 1.82) is 0 Å². The molecule has 2 aromatic carbocycles. The highest BCUT2D eigenvalue weighted by molar-refractivity contribution is 8.00. The number of ether oxygens (including phenoxy) is 2. The summed E-state index contributed by atoms with van der Waals surface area (Å²) in [6, 6.07) is 13.5. The Balaban J connectivity index is 1.98. The Morgan fingerprint density at radius 2 is 1.75 bits per heavy atom. The molecule has 0 heterocycles. The van der Waals surface area contributed by atoms with Crippen molar-refractivity contribution in [3.8, 4) is 11.5 Å². The molecule has 0 radical (unpaired) electrons. The Morgan fingerprint density at radius 1 is 1.04 bits per heavy atom. The van der Waals surface area contributed by atoms with E-state index < -0.39 is 0 Å².